The lowest BCUT2D eigenvalue weighted by molar-refractivity contribution is 0.904. The average Bonchev–Trinajstić information content (AvgIpc) is 3.18. The lowest BCUT2D eigenvalue weighted by atomic mass is 10.2. The minimum atomic E-state index is 0.447. The third kappa shape index (κ3) is 4.26. The van der Waals surface area contributed by atoms with E-state index in [0.29, 0.717) is 22.2 Å². The van der Waals surface area contributed by atoms with Crippen molar-refractivity contribution in [3.05, 3.63) is 66.0 Å². The Labute approximate surface area is 166 Å². The van der Waals surface area contributed by atoms with E-state index in [0.717, 1.165) is 22.5 Å². The summed E-state index contributed by atoms with van der Waals surface area (Å²) in [5.74, 6) is 0.893. The molecule has 9 heteroatoms. The first-order chi connectivity index (χ1) is 13.7. The van der Waals surface area contributed by atoms with E-state index in [2.05, 4.69) is 40.8 Å². The Morgan fingerprint density at radius 2 is 1.36 bits per heavy atom. The monoisotopic (exact) mass is 390 g/mol. The van der Waals surface area contributed by atoms with Crippen LogP contribution in [-0.4, -0.2) is 30.1 Å². The zero-order valence-corrected chi connectivity index (χ0v) is 16.2. The Hall–Kier alpha value is -3.46. The van der Waals surface area contributed by atoms with Gasteiger partial charge in [0.25, 0.3) is 0 Å². The largest absolute Gasteiger partial charge is 0.324 e. The van der Waals surface area contributed by atoms with Gasteiger partial charge in [0.1, 0.15) is 6.33 Å². The molecule has 0 unspecified atom stereocenters. The fourth-order valence-corrected chi connectivity index (χ4v) is 3.15. The van der Waals surface area contributed by atoms with E-state index in [9.17, 15) is 0 Å². The number of nitrogens with one attached hydrogen (secondary N) is 3. The summed E-state index contributed by atoms with van der Waals surface area (Å²) in [6, 6.07) is 15.9. The maximum Gasteiger partial charge on any atom is 0.233 e. The minimum absolute atomic E-state index is 0.447. The van der Waals surface area contributed by atoms with Gasteiger partial charge < -0.3 is 10.6 Å². The molecular formula is C19H18N8S. The van der Waals surface area contributed by atoms with Crippen LogP contribution in [0.1, 0.15) is 11.1 Å². The summed E-state index contributed by atoms with van der Waals surface area (Å²) in [6.07, 6.45) is 1.45. The summed E-state index contributed by atoms with van der Waals surface area (Å²) >= 11 is 1.28. The van der Waals surface area contributed by atoms with Crippen LogP contribution in [0.25, 0.3) is 0 Å². The van der Waals surface area contributed by atoms with Gasteiger partial charge in [-0.05, 0) is 48.9 Å². The predicted molar refractivity (Wildman–Crippen MR) is 109 cm³/mol. The molecule has 0 saturated heterocycles. The Bertz CT molecular complexity index is 1020. The minimum Gasteiger partial charge on any atom is -0.324 e. The van der Waals surface area contributed by atoms with Crippen molar-refractivity contribution >= 4 is 35.0 Å². The van der Waals surface area contributed by atoms with E-state index in [1.807, 2.05) is 62.4 Å². The van der Waals surface area contributed by atoms with Crippen LogP contribution in [0.15, 0.2) is 65.2 Å². The molecule has 0 saturated carbocycles. The van der Waals surface area contributed by atoms with Gasteiger partial charge in [0.15, 0.2) is 5.16 Å². The highest BCUT2D eigenvalue weighted by molar-refractivity contribution is 7.99. The quantitative estimate of drug-likeness (QED) is 0.449. The van der Waals surface area contributed by atoms with E-state index >= 15 is 0 Å². The molecule has 2 aromatic carbocycles. The van der Waals surface area contributed by atoms with Gasteiger partial charge in [-0.3, -0.25) is 5.10 Å². The molecule has 0 atom stereocenters. The fourth-order valence-electron chi connectivity index (χ4n) is 2.51. The van der Waals surface area contributed by atoms with Crippen molar-refractivity contribution in [3.8, 4) is 0 Å². The van der Waals surface area contributed by atoms with Crippen LogP contribution < -0.4 is 10.6 Å². The molecule has 140 valence electrons. The molecule has 0 amide bonds. The summed E-state index contributed by atoms with van der Waals surface area (Å²) in [4.78, 5) is 17.7. The van der Waals surface area contributed by atoms with Crippen LogP contribution in [0.4, 0.5) is 23.3 Å². The number of rotatable bonds is 6. The lowest BCUT2D eigenvalue weighted by Gasteiger charge is -2.12. The van der Waals surface area contributed by atoms with Crippen molar-refractivity contribution in [2.45, 2.75) is 24.2 Å². The first-order valence-electron chi connectivity index (χ1n) is 8.62. The van der Waals surface area contributed by atoms with Gasteiger partial charge in [-0.25, -0.2) is 4.98 Å². The van der Waals surface area contributed by atoms with E-state index in [-0.39, 0.29) is 0 Å². The molecule has 0 aliphatic rings. The second-order valence-electron chi connectivity index (χ2n) is 6.04. The normalized spacial score (nSPS) is 10.6. The standard InChI is InChI=1S/C19H18N8S/c1-12-7-3-5-9-14(12)22-16-24-17(23-15-10-6-4-8-13(15)2)26-19(25-16)28-18-20-11-21-27-18/h3-11H,1-2H3,(H,20,21,27)(H2,22,23,24,25,26). The van der Waals surface area contributed by atoms with Crippen molar-refractivity contribution < 1.29 is 0 Å². The van der Waals surface area contributed by atoms with Crippen molar-refractivity contribution in [3.63, 3.8) is 0 Å². The average molecular weight is 390 g/mol. The Kier molecular flexibility index (Phi) is 5.16. The molecule has 4 aromatic rings. The van der Waals surface area contributed by atoms with Gasteiger partial charge in [0.2, 0.25) is 17.1 Å². The van der Waals surface area contributed by atoms with Crippen molar-refractivity contribution in [1.82, 2.24) is 30.1 Å². The number of H-pyrrole nitrogens is 1. The van der Waals surface area contributed by atoms with Crippen molar-refractivity contribution in [2.75, 3.05) is 10.6 Å². The highest BCUT2D eigenvalue weighted by Gasteiger charge is 2.11. The number of nitrogens with zero attached hydrogens (tertiary/aromatic N) is 5. The van der Waals surface area contributed by atoms with Crippen LogP contribution in [0.5, 0.6) is 0 Å². The number of hydrogen-bond acceptors (Lipinski definition) is 8. The van der Waals surface area contributed by atoms with E-state index in [1.54, 1.807) is 0 Å². The van der Waals surface area contributed by atoms with Crippen LogP contribution in [0.2, 0.25) is 0 Å². The molecule has 8 nitrogen and oxygen atoms in total. The lowest BCUT2D eigenvalue weighted by Crippen LogP contribution is -2.06. The maximum absolute atomic E-state index is 4.53. The summed E-state index contributed by atoms with van der Waals surface area (Å²) in [5.41, 5.74) is 4.07. The molecule has 0 aliphatic carbocycles. The molecule has 0 aliphatic heterocycles. The van der Waals surface area contributed by atoms with Gasteiger partial charge in [-0.2, -0.15) is 20.1 Å². The van der Waals surface area contributed by atoms with E-state index in [1.165, 1.54) is 18.1 Å². The Morgan fingerprint density at radius 3 is 1.86 bits per heavy atom. The van der Waals surface area contributed by atoms with E-state index in [4.69, 9.17) is 0 Å². The molecule has 2 aromatic heterocycles. The Balaban J connectivity index is 1.68. The number of aromatic nitrogens is 6. The topological polar surface area (TPSA) is 104 Å². The fraction of sp³-hybridized carbons (Fsp3) is 0.105. The molecule has 0 bridgehead atoms. The molecular weight excluding hydrogens is 372 g/mol. The molecule has 4 rings (SSSR count). The smallest absolute Gasteiger partial charge is 0.233 e. The number of aryl methyl sites for hydroxylation is 2. The van der Waals surface area contributed by atoms with Gasteiger partial charge >= 0.3 is 0 Å². The second-order valence-corrected chi connectivity index (χ2v) is 6.99. The van der Waals surface area contributed by atoms with Gasteiger partial charge in [-0.1, -0.05) is 36.4 Å². The zero-order valence-electron chi connectivity index (χ0n) is 15.3. The third-order valence-electron chi connectivity index (χ3n) is 3.98. The van der Waals surface area contributed by atoms with Crippen LogP contribution >= 0.6 is 11.8 Å². The zero-order chi connectivity index (χ0) is 19.3. The molecule has 28 heavy (non-hydrogen) atoms. The summed E-state index contributed by atoms with van der Waals surface area (Å²) in [7, 11) is 0. The Morgan fingerprint density at radius 1 is 0.786 bits per heavy atom. The van der Waals surface area contributed by atoms with Crippen LogP contribution in [-0.2, 0) is 0 Å². The molecule has 3 N–H and O–H groups in total. The molecule has 0 spiro atoms. The number of aromatic amines is 1. The van der Waals surface area contributed by atoms with Gasteiger partial charge in [0.05, 0.1) is 0 Å². The highest BCUT2D eigenvalue weighted by atomic mass is 32.2. The second kappa shape index (κ2) is 8.05. The van der Waals surface area contributed by atoms with Crippen molar-refractivity contribution in [2.24, 2.45) is 0 Å². The van der Waals surface area contributed by atoms with E-state index < -0.39 is 0 Å². The van der Waals surface area contributed by atoms with Crippen molar-refractivity contribution in [1.29, 1.82) is 0 Å². The summed E-state index contributed by atoms with van der Waals surface area (Å²) in [5, 5.41) is 14.3. The summed E-state index contributed by atoms with van der Waals surface area (Å²) < 4.78 is 0. The predicted octanol–water partition coefficient (Wildman–Crippen LogP) is 4.24. The first kappa shape index (κ1) is 17.9. The van der Waals surface area contributed by atoms with Gasteiger partial charge in [-0.15, -0.1) is 0 Å². The number of para-hydroxylation sites is 2. The molecule has 0 radical (unpaired) electrons. The maximum atomic E-state index is 4.53. The van der Waals surface area contributed by atoms with Gasteiger partial charge in [0, 0.05) is 11.4 Å². The van der Waals surface area contributed by atoms with Crippen LogP contribution in [0.3, 0.4) is 0 Å². The summed E-state index contributed by atoms with van der Waals surface area (Å²) in [6.45, 7) is 4.06. The number of hydrogen-bond donors (Lipinski definition) is 3. The number of benzene rings is 2. The van der Waals surface area contributed by atoms with Crippen LogP contribution in [0, 0.1) is 13.8 Å². The third-order valence-corrected chi connectivity index (χ3v) is 4.73. The molecule has 0 fully saturated rings. The number of anilines is 4. The first-order valence-corrected chi connectivity index (χ1v) is 9.43. The molecule has 2 heterocycles. The highest BCUT2D eigenvalue weighted by Crippen LogP contribution is 2.26. The SMILES string of the molecule is Cc1ccccc1Nc1nc(Nc2ccccc2C)nc(Sc2ncn[nH]2)n1.